The Hall–Kier alpha value is -3.00. The summed E-state index contributed by atoms with van der Waals surface area (Å²) in [6, 6.07) is 11.1. The molecule has 0 spiro atoms. The second-order valence-corrected chi connectivity index (χ2v) is 6.03. The van der Waals surface area contributed by atoms with Crippen molar-refractivity contribution in [1.29, 1.82) is 0 Å². The molecule has 4 aromatic rings. The summed E-state index contributed by atoms with van der Waals surface area (Å²) >= 11 is 3.42. The standard InChI is InChI=1S/C16H11BrN6O/c17-11-1-3-13-10(5-11)6-14(22-13)16(24)21-12-2-4-15(19-7-12)23-9-18-8-20-23/h1-9,22H,(H,21,24). The molecule has 0 saturated carbocycles. The molecule has 3 heterocycles. The predicted octanol–water partition coefficient (Wildman–Crippen LogP) is 3.16. The Labute approximate surface area is 144 Å². The number of aromatic nitrogens is 5. The van der Waals surface area contributed by atoms with Crippen LogP contribution in [0.1, 0.15) is 10.5 Å². The van der Waals surface area contributed by atoms with Crippen molar-refractivity contribution in [3.8, 4) is 5.82 Å². The molecule has 4 rings (SSSR count). The average Bonchev–Trinajstić information content (AvgIpc) is 3.24. The maximum absolute atomic E-state index is 12.4. The highest BCUT2D eigenvalue weighted by atomic mass is 79.9. The van der Waals surface area contributed by atoms with Crippen molar-refractivity contribution in [2.24, 2.45) is 0 Å². The predicted molar refractivity (Wildman–Crippen MR) is 93.1 cm³/mol. The fourth-order valence-corrected chi connectivity index (χ4v) is 2.73. The Bertz CT molecular complexity index is 1010. The number of carbonyl (C=O) groups excluding carboxylic acids is 1. The normalized spacial score (nSPS) is 10.9. The van der Waals surface area contributed by atoms with E-state index in [1.165, 1.54) is 6.33 Å². The summed E-state index contributed by atoms with van der Waals surface area (Å²) in [5.74, 6) is 0.401. The lowest BCUT2D eigenvalue weighted by Gasteiger charge is -2.04. The molecule has 0 atom stereocenters. The highest BCUT2D eigenvalue weighted by molar-refractivity contribution is 9.10. The van der Waals surface area contributed by atoms with E-state index in [9.17, 15) is 4.79 Å². The van der Waals surface area contributed by atoms with E-state index >= 15 is 0 Å². The number of amides is 1. The van der Waals surface area contributed by atoms with Crippen LogP contribution in [0.25, 0.3) is 16.7 Å². The number of halogens is 1. The number of hydrogen-bond acceptors (Lipinski definition) is 4. The molecule has 8 heteroatoms. The van der Waals surface area contributed by atoms with E-state index in [-0.39, 0.29) is 5.91 Å². The van der Waals surface area contributed by atoms with Crippen molar-refractivity contribution >= 4 is 38.4 Å². The number of aromatic amines is 1. The van der Waals surface area contributed by atoms with Gasteiger partial charge in [-0.25, -0.2) is 14.6 Å². The SMILES string of the molecule is O=C(Nc1ccc(-n2cncn2)nc1)c1cc2cc(Br)ccc2[nH]1. The third kappa shape index (κ3) is 2.79. The molecule has 0 fully saturated rings. The number of nitrogens with zero attached hydrogens (tertiary/aromatic N) is 4. The minimum Gasteiger partial charge on any atom is -0.351 e. The summed E-state index contributed by atoms with van der Waals surface area (Å²) in [6.07, 6.45) is 4.57. The van der Waals surface area contributed by atoms with Crippen LogP contribution in [0.15, 0.2) is 59.7 Å². The van der Waals surface area contributed by atoms with Gasteiger partial charge in [0, 0.05) is 15.4 Å². The summed E-state index contributed by atoms with van der Waals surface area (Å²) in [5.41, 5.74) is 2.00. The van der Waals surface area contributed by atoms with Crippen molar-refractivity contribution in [1.82, 2.24) is 24.7 Å². The van der Waals surface area contributed by atoms with Gasteiger partial charge in [-0.3, -0.25) is 4.79 Å². The van der Waals surface area contributed by atoms with Crippen LogP contribution >= 0.6 is 15.9 Å². The van der Waals surface area contributed by atoms with Gasteiger partial charge in [-0.15, -0.1) is 0 Å². The second-order valence-electron chi connectivity index (χ2n) is 5.11. The second kappa shape index (κ2) is 5.89. The molecule has 1 aromatic carbocycles. The molecule has 0 aliphatic heterocycles. The molecular formula is C16H11BrN6O. The third-order valence-electron chi connectivity index (χ3n) is 3.49. The first-order chi connectivity index (χ1) is 11.7. The van der Waals surface area contributed by atoms with Gasteiger partial charge in [0.15, 0.2) is 5.82 Å². The van der Waals surface area contributed by atoms with Gasteiger partial charge < -0.3 is 10.3 Å². The first kappa shape index (κ1) is 14.6. The molecule has 3 aromatic heterocycles. The third-order valence-corrected chi connectivity index (χ3v) is 3.98. The molecule has 7 nitrogen and oxygen atoms in total. The minimum atomic E-state index is -0.224. The number of hydrogen-bond donors (Lipinski definition) is 2. The van der Waals surface area contributed by atoms with Gasteiger partial charge in [0.25, 0.3) is 5.91 Å². The number of anilines is 1. The Morgan fingerprint density at radius 3 is 2.88 bits per heavy atom. The van der Waals surface area contributed by atoms with Crippen molar-refractivity contribution in [3.05, 3.63) is 65.4 Å². The fraction of sp³-hybridized carbons (Fsp3) is 0. The lowest BCUT2D eigenvalue weighted by atomic mass is 10.2. The smallest absolute Gasteiger partial charge is 0.272 e. The molecular weight excluding hydrogens is 372 g/mol. The average molecular weight is 383 g/mol. The molecule has 118 valence electrons. The number of carbonyl (C=O) groups is 1. The molecule has 0 saturated heterocycles. The van der Waals surface area contributed by atoms with Crippen molar-refractivity contribution < 1.29 is 4.79 Å². The number of rotatable bonds is 3. The van der Waals surface area contributed by atoms with E-state index in [0.29, 0.717) is 17.2 Å². The molecule has 0 aliphatic rings. The zero-order valence-electron chi connectivity index (χ0n) is 12.3. The first-order valence-corrected chi connectivity index (χ1v) is 7.89. The molecule has 0 bridgehead atoms. The van der Waals surface area contributed by atoms with E-state index in [4.69, 9.17) is 0 Å². The summed E-state index contributed by atoms with van der Waals surface area (Å²) in [7, 11) is 0. The van der Waals surface area contributed by atoms with Crippen LogP contribution in [0.3, 0.4) is 0 Å². The van der Waals surface area contributed by atoms with E-state index in [0.717, 1.165) is 15.4 Å². The van der Waals surface area contributed by atoms with E-state index in [1.54, 1.807) is 29.3 Å². The Kier molecular flexibility index (Phi) is 3.58. The summed E-state index contributed by atoms with van der Waals surface area (Å²) in [6.45, 7) is 0. The quantitative estimate of drug-likeness (QED) is 0.569. The maximum atomic E-state index is 12.4. The molecule has 0 radical (unpaired) electrons. The van der Waals surface area contributed by atoms with E-state index in [1.807, 2.05) is 24.3 Å². The Morgan fingerprint density at radius 2 is 2.12 bits per heavy atom. The van der Waals surface area contributed by atoms with Crippen LogP contribution in [0.2, 0.25) is 0 Å². The van der Waals surface area contributed by atoms with Crippen molar-refractivity contribution in [2.75, 3.05) is 5.32 Å². The number of benzene rings is 1. The number of H-pyrrole nitrogens is 1. The van der Waals surface area contributed by atoms with Gasteiger partial charge in [0.05, 0.1) is 11.9 Å². The van der Waals surface area contributed by atoms with Gasteiger partial charge >= 0.3 is 0 Å². The van der Waals surface area contributed by atoms with Crippen LogP contribution in [-0.2, 0) is 0 Å². The maximum Gasteiger partial charge on any atom is 0.272 e. The lowest BCUT2D eigenvalue weighted by molar-refractivity contribution is 0.102. The largest absolute Gasteiger partial charge is 0.351 e. The van der Waals surface area contributed by atoms with Gasteiger partial charge in [0.2, 0.25) is 0 Å². The zero-order chi connectivity index (χ0) is 16.5. The topological polar surface area (TPSA) is 88.5 Å². The van der Waals surface area contributed by atoms with Gasteiger partial charge in [0.1, 0.15) is 18.3 Å². The highest BCUT2D eigenvalue weighted by Crippen LogP contribution is 2.21. The lowest BCUT2D eigenvalue weighted by Crippen LogP contribution is -2.12. The highest BCUT2D eigenvalue weighted by Gasteiger charge is 2.10. The summed E-state index contributed by atoms with van der Waals surface area (Å²) in [4.78, 5) is 23.6. The zero-order valence-corrected chi connectivity index (χ0v) is 13.9. The molecule has 2 N–H and O–H groups in total. The Morgan fingerprint density at radius 1 is 1.21 bits per heavy atom. The number of pyridine rings is 1. The van der Waals surface area contributed by atoms with Crippen LogP contribution in [0.5, 0.6) is 0 Å². The molecule has 0 aliphatic carbocycles. The Balaban J connectivity index is 1.54. The van der Waals surface area contributed by atoms with Crippen LogP contribution in [0.4, 0.5) is 5.69 Å². The molecule has 0 unspecified atom stereocenters. The monoisotopic (exact) mass is 382 g/mol. The van der Waals surface area contributed by atoms with Gasteiger partial charge in [-0.2, -0.15) is 5.10 Å². The summed E-state index contributed by atoms with van der Waals surface area (Å²) < 4.78 is 2.51. The van der Waals surface area contributed by atoms with Crippen LogP contribution in [0, 0.1) is 0 Å². The molecule has 1 amide bonds. The van der Waals surface area contributed by atoms with E-state index < -0.39 is 0 Å². The van der Waals surface area contributed by atoms with Crippen LogP contribution in [-0.4, -0.2) is 30.6 Å². The van der Waals surface area contributed by atoms with Gasteiger partial charge in [-0.1, -0.05) is 15.9 Å². The number of fused-ring (bicyclic) bond motifs is 1. The molecule has 24 heavy (non-hydrogen) atoms. The fourth-order valence-electron chi connectivity index (χ4n) is 2.35. The minimum absolute atomic E-state index is 0.224. The van der Waals surface area contributed by atoms with Gasteiger partial charge in [-0.05, 0) is 36.4 Å². The van der Waals surface area contributed by atoms with Crippen molar-refractivity contribution in [2.45, 2.75) is 0 Å². The van der Waals surface area contributed by atoms with Crippen molar-refractivity contribution in [3.63, 3.8) is 0 Å². The first-order valence-electron chi connectivity index (χ1n) is 7.10. The number of nitrogens with one attached hydrogen (secondary N) is 2. The van der Waals surface area contributed by atoms with E-state index in [2.05, 4.69) is 41.3 Å². The summed E-state index contributed by atoms with van der Waals surface area (Å²) in [5, 5.41) is 7.79. The van der Waals surface area contributed by atoms with Crippen LogP contribution < -0.4 is 5.32 Å².